The van der Waals surface area contributed by atoms with Gasteiger partial charge in [0.1, 0.15) is 0 Å². The second-order valence-corrected chi connectivity index (χ2v) is 2.52. The summed E-state index contributed by atoms with van der Waals surface area (Å²) in [6.07, 6.45) is 2.35. The molecule has 1 aromatic rings. The van der Waals surface area contributed by atoms with Crippen molar-refractivity contribution in [2.75, 3.05) is 0 Å². The summed E-state index contributed by atoms with van der Waals surface area (Å²) in [4.78, 5) is 0. The van der Waals surface area contributed by atoms with E-state index in [9.17, 15) is 0 Å². The molecule has 0 amide bonds. The van der Waals surface area contributed by atoms with Crippen molar-refractivity contribution < 1.29 is 18.9 Å². The first-order chi connectivity index (χ1) is 4.84. The molecule has 0 aliphatic carbocycles. The zero-order chi connectivity index (χ0) is 7.40. The molecule has 54 valence electrons. The van der Waals surface area contributed by atoms with Gasteiger partial charge in [0.25, 0.3) is 0 Å². The molecule has 0 heterocycles. The minimum absolute atomic E-state index is 0. The second kappa shape index (κ2) is 5.35. The molecule has 0 fully saturated rings. The smallest absolute Gasteiger partial charge is 0.198 e. The summed E-state index contributed by atoms with van der Waals surface area (Å²) in [7, 11) is 0. The van der Waals surface area contributed by atoms with Crippen LogP contribution in [-0.2, 0) is 6.42 Å². The van der Waals surface area contributed by atoms with E-state index in [0.29, 0.717) is 0 Å². The topological polar surface area (TPSA) is 0 Å². The van der Waals surface area contributed by atoms with Crippen LogP contribution in [0.1, 0.15) is 24.5 Å². The van der Waals surface area contributed by atoms with Gasteiger partial charge in [-0.3, -0.25) is 0 Å². The maximum absolute atomic E-state index is 3.94. The van der Waals surface area contributed by atoms with E-state index < -0.39 is 0 Å². The summed E-state index contributed by atoms with van der Waals surface area (Å²) in [5.74, 6) is 0. The first-order valence-electron chi connectivity index (χ1n) is 3.74. The Morgan fingerprint density at radius 1 is 1.27 bits per heavy atom. The fraction of sp³-hybridized carbons (Fsp3) is 0.300. The predicted molar refractivity (Wildman–Crippen MR) is 44.9 cm³/mol. The number of hydrogen-bond donors (Lipinski definition) is 0. The van der Waals surface area contributed by atoms with Crippen molar-refractivity contribution in [2.24, 2.45) is 0 Å². The molecule has 1 rings (SSSR count). The van der Waals surface area contributed by atoms with E-state index in [2.05, 4.69) is 32.0 Å². The van der Waals surface area contributed by atoms with Crippen LogP contribution >= 0.6 is 0 Å². The van der Waals surface area contributed by atoms with Gasteiger partial charge in [-0.25, -0.2) is 0 Å². The quantitative estimate of drug-likeness (QED) is 0.395. The Hall–Kier alpha value is -0.313. The van der Waals surface area contributed by atoms with Gasteiger partial charge in [-0.05, 0) is 0 Å². The van der Waals surface area contributed by atoms with Crippen LogP contribution in [0.4, 0.5) is 0 Å². The summed E-state index contributed by atoms with van der Waals surface area (Å²) in [5.41, 5.74) is 2.55. The van der Waals surface area contributed by atoms with Crippen molar-refractivity contribution >= 4 is 0 Å². The van der Waals surface area contributed by atoms with Gasteiger partial charge in [-0.1, -0.05) is 25.8 Å². The van der Waals surface area contributed by atoms with E-state index >= 15 is 0 Å². The SMILES string of the molecule is [CH2-]c1ccccc1CCC.[Li+]. The Bertz CT molecular complexity index is 206. The van der Waals surface area contributed by atoms with Crippen molar-refractivity contribution in [3.8, 4) is 0 Å². The Labute approximate surface area is 81.2 Å². The van der Waals surface area contributed by atoms with Crippen molar-refractivity contribution in [1.82, 2.24) is 0 Å². The van der Waals surface area contributed by atoms with E-state index in [0.717, 1.165) is 6.42 Å². The molecule has 0 spiro atoms. The van der Waals surface area contributed by atoms with Crippen LogP contribution in [0.15, 0.2) is 24.3 Å². The maximum atomic E-state index is 3.94. The normalized spacial score (nSPS) is 8.82. The molecule has 0 saturated carbocycles. The van der Waals surface area contributed by atoms with Crippen LogP contribution in [-0.4, -0.2) is 0 Å². The molecule has 0 nitrogen and oxygen atoms in total. The molecule has 0 aliphatic rings. The second-order valence-electron chi connectivity index (χ2n) is 2.52. The molecule has 11 heavy (non-hydrogen) atoms. The first-order valence-corrected chi connectivity index (χ1v) is 3.74. The maximum Gasteiger partial charge on any atom is 1.00 e. The average molecular weight is 140 g/mol. The van der Waals surface area contributed by atoms with Gasteiger partial charge < -0.3 is 0 Å². The Balaban J connectivity index is 0.000001000. The van der Waals surface area contributed by atoms with E-state index in [1.165, 1.54) is 17.5 Å². The molecule has 0 bridgehead atoms. The molecular weight excluding hydrogens is 127 g/mol. The van der Waals surface area contributed by atoms with E-state index in [-0.39, 0.29) is 18.9 Å². The first kappa shape index (κ1) is 10.7. The van der Waals surface area contributed by atoms with E-state index in [4.69, 9.17) is 0 Å². The fourth-order valence-corrected chi connectivity index (χ4v) is 1.07. The minimum atomic E-state index is 0. The van der Waals surface area contributed by atoms with Crippen LogP contribution in [0, 0.1) is 6.92 Å². The minimum Gasteiger partial charge on any atom is -0.198 e. The van der Waals surface area contributed by atoms with Gasteiger partial charge in [-0.2, -0.15) is 18.6 Å². The number of aryl methyl sites for hydroxylation is 1. The van der Waals surface area contributed by atoms with Gasteiger partial charge in [0, 0.05) is 0 Å². The summed E-state index contributed by atoms with van der Waals surface area (Å²) >= 11 is 0. The Kier molecular flexibility index (Phi) is 5.20. The predicted octanol–water partition coefficient (Wildman–Crippen LogP) is -0.175. The molecule has 1 heteroatoms. The summed E-state index contributed by atoms with van der Waals surface area (Å²) < 4.78 is 0. The third kappa shape index (κ3) is 3.06. The summed E-state index contributed by atoms with van der Waals surface area (Å²) in [5, 5.41) is 0. The average Bonchev–Trinajstić information content (AvgIpc) is 1.94. The van der Waals surface area contributed by atoms with Gasteiger partial charge >= 0.3 is 18.9 Å². The van der Waals surface area contributed by atoms with Gasteiger partial charge in [-0.15, -0.1) is 17.7 Å². The van der Waals surface area contributed by atoms with Crippen LogP contribution in [0.25, 0.3) is 0 Å². The van der Waals surface area contributed by atoms with Crippen LogP contribution in [0.5, 0.6) is 0 Å². The molecule has 0 aromatic heterocycles. The van der Waals surface area contributed by atoms with E-state index in [1.807, 2.05) is 6.07 Å². The van der Waals surface area contributed by atoms with Crippen molar-refractivity contribution in [1.29, 1.82) is 0 Å². The number of hydrogen-bond acceptors (Lipinski definition) is 0. The third-order valence-electron chi connectivity index (χ3n) is 1.64. The standard InChI is InChI=1S/C10H13.Li/c1-3-6-10-8-5-4-7-9(10)2;/h4-5,7-8H,2-3,6H2,1H3;/q-1;+1. The zero-order valence-corrected chi connectivity index (χ0v) is 7.43. The van der Waals surface area contributed by atoms with Crippen LogP contribution in [0.2, 0.25) is 0 Å². The Morgan fingerprint density at radius 3 is 2.45 bits per heavy atom. The van der Waals surface area contributed by atoms with Crippen molar-refractivity contribution in [2.45, 2.75) is 19.8 Å². The monoisotopic (exact) mass is 140 g/mol. The molecule has 0 aliphatic heterocycles. The fourth-order valence-electron chi connectivity index (χ4n) is 1.07. The molecule has 0 atom stereocenters. The molecule has 0 unspecified atom stereocenters. The van der Waals surface area contributed by atoms with Gasteiger partial charge in [0.05, 0.1) is 0 Å². The zero-order valence-electron chi connectivity index (χ0n) is 7.43. The van der Waals surface area contributed by atoms with Crippen molar-refractivity contribution in [3.05, 3.63) is 42.3 Å². The van der Waals surface area contributed by atoms with Gasteiger partial charge in [0.2, 0.25) is 0 Å². The summed E-state index contributed by atoms with van der Waals surface area (Å²) in [6, 6.07) is 8.30. The third-order valence-corrected chi connectivity index (χ3v) is 1.64. The van der Waals surface area contributed by atoms with Crippen molar-refractivity contribution in [3.63, 3.8) is 0 Å². The Morgan fingerprint density at radius 2 is 1.91 bits per heavy atom. The molecule has 0 radical (unpaired) electrons. The van der Waals surface area contributed by atoms with Gasteiger partial charge in [0.15, 0.2) is 0 Å². The summed E-state index contributed by atoms with van der Waals surface area (Å²) in [6.45, 7) is 6.13. The van der Waals surface area contributed by atoms with E-state index in [1.54, 1.807) is 0 Å². The number of rotatable bonds is 2. The molecule has 1 aromatic carbocycles. The molecule has 0 N–H and O–H groups in total. The molecule has 0 saturated heterocycles. The largest absolute Gasteiger partial charge is 1.00 e. The number of benzene rings is 1. The van der Waals surface area contributed by atoms with Crippen LogP contribution < -0.4 is 18.9 Å². The van der Waals surface area contributed by atoms with Crippen LogP contribution in [0.3, 0.4) is 0 Å². The molecular formula is C10H13Li.